The zero-order chi connectivity index (χ0) is 13.7. The third-order valence-electron chi connectivity index (χ3n) is 3.78. The number of aliphatic hydroxyl groups excluding tert-OH is 1. The number of aliphatic hydroxyl groups is 1. The second-order valence-electron chi connectivity index (χ2n) is 5.27. The Bertz CT molecular complexity index is 405. The highest BCUT2D eigenvalue weighted by molar-refractivity contribution is 5.19. The fourth-order valence-electron chi connectivity index (χ4n) is 2.62. The minimum Gasteiger partial charge on any atom is -0.388 e. The molecule has 1 saturated carbocycles. The lowest BCUT2D eigenvalue weighted by Gasteiger charge is -2.23. The summed E-state index contributed by atoms with van der Waals surface area (Å²) in [6.45, 7) is 0.699. The van der Waals surface area contributed by atoms with E-state index in [1.165, 1.54) is 38.2 Å². The van der Waals surface area contributed by atoms with E-state index in [0.717, 1.165) is 12.1 Å². The number of halogens is 2. The maximum absolute atomic E-state index is 13.1. The summed E-state index contributed by atoms with van der Waals surface area (Å²) in [5.74, 6) is -1.78. The van der Waals surface area contributed by atoms with Crippen molar-refractivity contribution in [2.45, 2.75) is 50.7 Å². The van der Waals surface area contributed by atoms with Gasteiger partial charge in [0.25, 0.3) is 0 Å². The molecule has 0 bridgehead atoms. The Morgan fingerprint density at radius 3 is 2.58 bits per heavy atom. The molecule has 106 valence electrons. The normalized spacial score (nSPS) is 18.5. The van der Waals surface area contributed by atoms with Crippen molar-refractivity contribution in [2.75, 3.05) is 6.54 Å². The van der Waals surface area contributed by atoms with E-state index >= 15 is 0 Å². The van der Waals surface area contributed by atoms with E-state index in [-0.39, 0.29) is 0 Å². The lowest BCUT2D eigenvalue weighted by molar-refractivity contribution is 0.163. The number of benzene rings is 1. The van der Waals surface area contributed by atoms with Gasteiger partial charge < -0.3 is 10.4 Å². The van der Waals surface area contributed by atoms with Gasteiger partial charge in [-0.1, -0.05) is 25.3 Å². The Morgan fingerprint density at radius 1 is 1.16 bits per heavy atom. The van der Waals surface area contributed by atoms with Crippen LogP contribution in [0, 0.1) is 11.6 Å². The van der Waals surface area contributed by atoms with Crippen LogP contribution < -0.4 is 5.32 Å². The standard InChI is InChI=1S/C15H21F2NO/c16-13-7-6-11(10-14(13)17)15(19)8-9-18-12-4-2-1-3-5-12/h6-7,10,12,15,18-19H,1-5,8-9H2. The van der Waals surface area contributed by atoms with E-state index in [1.807, 2.05) is 0 Å². The van der Waals surface area contributed by atoms with Crippen molar-refractivity contribution in [1.29, 1.82) is 0 Å². The number of rotatable bonds is 5. The van der Waals surface area contributed by atoms with Crippen molar-refractivity contribution in [3.8, 4) is 0 Å². The summed E-state index contributed by atoms with van der Waals surface area (Å²) >= 11 is 0. The lowest BCUT2D eigenvalue weighted by atomic mass is 9.95. The largest absolute Gasteiger partial charge is 0.388 e. The van der Waals surface area contributed by atoms with Crippen molar-refractivity contribution in [2.24, 2.45) is 0 Å². The maximum Gasteiger partial charge on any atom is 0.159 e. The molecule has 4 heteroatoms. The highest BCUT2D eigenvalue weighted by Gasteiger charge is 2.14. The summed E-state index contributed by atoms with van der Waals surface area (Å²) in [6.07, 6.45) is 6.01. The van der Waals surface area contributed by atoms with Gasteiger partial charge in [-0.15, -0.1) is 0 Å². The topological polar surface area (TPSA) is 32.3 Å². The van der Waals surface area contributed by atoms with Gasteiger partial charge in [0.05, 0.1) is 6.10 Å². The molecule has 0 saturated heterocycles. The monoisotopic (exact) mass is 269 g/mol. The number of hydrogen-bond acceptors (Lipinski definition) is 2. The van der Waals surface area contributed by atoms with Crippen LogP contribution in [0.2, 0.25) is 0 Å². The summed E-state index contributed by atoms with van der Waals surface area (Å²) in [4.78, 5) is 0. The van der Waals surface area contributed by atoms with Crippen molar-refractivity contribution < 1.29 is 13.9 Å². The minimum absolute atomic E-state index is 0.435. The van der Waals surface area contributed by atoms with E-state index in [4.69, 9.17) is 0 Å². The van der Waals surface area contributed by atoms with Crippen LogP contribution in [0.15, 0.2) is 18.2 Å². The molecule has 1 unspecified atom stereocenters. The first-order valence-electron chi connectivity index (χ1n) is 7.03. The van der Waals surface area contributed by atoms with E-state index < -0.39 is 17.7 Å². The van der Waals surface area contributed by atoms with Crippen LogP contribution in [-0.4, -0.2) is 17.7 Å². The molecule has 0 radical (unpaired) electrons. The van der Waals surface area contributed by atoms with Gasteiger partial charge in [-0.2, -0.15) is 0 Å². The zero-order valence-corrected chi connectivity index (χ0v) is 11.0. The molecular weight excluding hydrogens is 248 g/mol. The van der Waals surface area contributed by atoms with Gasteiger partial charge in [-0.3, -0.25) is 0 Å². The number of nitrogens with one attached hydrogen (secondary N) is 1. The van der Waals surface area contributed by atoms with Crippen LogP contribution in [0.3, 0.4) is 0 Å². The Hall–Kier alpha value is -1.00. The molecule has 1 aromatic carbocycles. The quantitative estimate of drug-likeness (QED) is 0.859. The summed E-state index contributed by atoms with van der Waals surface area (Å²) in [5.41, 5.74) is 0.435. The second kappa shape index (κ2) is 6.96. The molecule has 0 aromatic heterocycles. The molecule has 2 N–H and O–H groups in total. The summed E-state index contributed by atoms with van der Waals surface area (Å²) in [7, 11) is 0. The minimum atomic E-state index is -0.906. The van der Waals surface area contributed by atoms with Crippen molar-refractivity contribution in [3.63, 3.8) is 0 Å². The number of hydrogen-bond donors (Lipinski definition) is 2. The Kier molecular flexibility index (Phi) is 5.28. The first kappa shape index (κ1) is 14.4. The molecule has 1 aliphatic carbocycles. The van der Waals surface area contributed by atoms with Gasteiger partial charge in [0.2, 0.25) is 0 Å². The molecule has 1 aromatic rings. The van der Waals surface area contributed by atoms with Gasteiger partial charge in [0.15, 0.2) is 11.6 Å². The average Bonchev–Trinajstić information content (AvgIpc) is 2.43. The molecular formula is C15H21F2NO. The second-order valence-corrected chi connectivity index (χ2v) is 5.27. The first-order chi connectivity index (χ1) is 9.16. The fourth-order valence-corrected chi connectivity index (χ4v) is 2.62. The van der Waals surface area contributed by atoms with Crippen LogP contribution in [0.5, 0.6) is 0 Å². The van der Waals surface area contributed by atoms with Crippen molar-refractivity contribution in [1.82, 2.24) is 5.32 Å². The zero-order valence-electron chi connectivity index (χ0n) is 11.0. The van der Waals surface area contributed by atoms with Crippen LogP contribution in [0.25, 0.3) is 0 Å². The van der Waals surface area contributed by atoms with Gasteiger partial charge in [-0.25, -0.2) is 8.78 Å². The van der Waals surface area contributed by atoms with Crippen molar-refractivity contribution in [3.05, 3.63) is 35.4 Å². The highest BCUT2D eigenvalue weighted by Crippen LogP contribution is 2.20. The molecule has 1 atom stereocenters. The van der Waals surface area contributed by atoms with Gasteiger partial charge >= 0.3 is 0 Å². The van der Waals surface area contributed by atoms with E-state index in [0.29, 0.717) is 24.6 Å². The molecule has 0 aliphatic heterocycles. The van der Waals surface area contributed by atoms with Crippen LogP contribution in [0.4, 0.5) is 8.78 Å². The Morgan fingerprint density at radius 2 is 1.89 bits per heavy atom. The molecule has 0 heterocycles. The molecule has 2 nitrogen and oxygen atoms in total. The summed E-state index contributed by atoms with van der Waals surface area (Å²) < 4.78 is 25.8. The molecule has 0 spiro atoms. The molecule has 1 aliphatic rings. The maximum atomic E-state index is 13.1. The fraction of sp³-hybridized carbons (Fsp3) is 0.600. The first-order valence-corrected chi connectivity index (χ1v) is 7.03. The predicted octanol–water partition coefficient (Wildman–Crippen LogP) is 3.31. The lowest BCUT2D eigenvalue weighted by Crippen LogP contribution is -2.32. The van der Waals surface area contributed by atoms with Crippen LogP contribution >= 0.6 is 0 Å². The molecule has 2 rings (SSSR count). The van der Waals surface area contributed by atoms with Crippen molar-refractivity contribution >= 4 is 0 Å². The predicted molar refractivity (Wildman–Crippen MR) is 70.8 cm³/mol. The molecule has 1 fully saturated rings. The van der Waals surface area contributed by atoms with E-state index in [1.54, 1.807) is 0 Å². The van der Waals surface area contributed by atoms with Gasteiger partial charge in [0, 0.05) is 6.04 Å². The van der Waals surface area contributed by atoms with Crippen LogP contribution in [-0.2, 0) is 0 Å². The van der Waals surface area contributed by atoms with Gasteiger partial charge in [0.1, 0.15) is 0 Å². The Labute approximate surface area is 112 Å². The SMILES string of the molecule is OC(CCNC1CCCCC1)c1ccc(F)c(F)c1. The third-order valence-corrected chi connectivity index (χ3v) is 3.78. The van der Waals surface area contributed by atoms with E-state index in [9.17, 15) is 13.9 Å². The van der Waals surface area contributed by atoms with E-state index in [2.05, 4.69) is 5.32 Å². The summed E-state index contributed by atoms with van der Waals surface area (Å²) in [6, 6.07) is 4.11. The smallest absolute Gasteiger partial charge is 0.159 e. The third kappa shape index (κ3) is 4.25. The molecule has 19 heavy (non-hydrogen) atoms. The average molecular weight is 269 g/mol. The summed E-state index contributed by atoms with van der Waals surface area (Å²) in [5, 5.41) is 13.4. The Balaban J connectivity index is 1.76. The molecule has 0 amide bonds. The van der Waals surface area contributed by atoms with Crippen LogP contribution in [0.1, 0.15) is 50.2 Å². The highest BCUT2D eigenvalue weighted by atomic mass is 19.2. The van der Waals surface area contributed by atoms with Gasteiger partial charge in [-0.05, 0) is 43.5 Å².